The Labute approximate surface area is 829 Å². The lowest BCUT2D eigenvalue weighted by Gasteiger charge is -2.21. The molecule has 0 radical (unpaired) electrons. The lowest BCUT2D eigenvalue weighted by Crippen LogP contribution is -2.24. The molecule has 4 atom stereocenters. The third kappa shape index (κ3) is 22.1. The third-order valence-electron chi connectivity index (χ3n) is 25.3. The number of aryl methyl sites for hydroxylation is 4. The van der Waals surface area contributed by atoms with Crippen LogP contribution in [0.5, 0.6) is 11.5 Å². The Kier molecular flexibility index (Phi) is 29.5. The molecule has 3 N–H and O–H groups in total. The fourth-order valence-corrected chi connectivity index (χ4v) is 17.8. The van der Waals surface area contributed by atoms with Crippen LogP contribution >= 0.6 is 23.2 Å². The Hall–Kier alpha value is -14.1. The number of fused-ring (bicyclic) bond motifs is 12. The summed E-state index contributed by atoms with van der Waals surface area (Å²) in [6, 6.07) is 64.4. The van der Waals surface area contributed by atoms with Crippen LogP contribution < -0.4 is 25.4 Å². The van der Waals surface area contributed by atoms with Gasteiger partial charge in [0.1, 0.15) is 47.3 Å². The SMILES string of the molecule is CCNC(=O)C[C@@H]1N=C(c2ccc(Cl)cc2)c2cc(-c3cnn(C(C)(C)C)c3)ccc2-c2c(C)noc21.CCNC(=O)C[C@@H]1N=C(c2ccc(Cl)cc2)c2cc(C(C)(C)C)ccc2-c2c(C)noc21.COc1ccc2c(c1)C(c1ccc(C(C)(C)C)cc1)=N[C@@H](CC(=O)C(C)(C)C)c1onc(C)c1-2.COc1ccc2c(c1)C(c1ccc(C(C)(C)C)cc1)=N[C@@H](CC(=O)Nc1ccccc1)c1nnc(C)n1-2. The molecular weight excluding hydrogens is 1790 g/mol. The van der Waals surface area contributed by atoms with Crippen molar-refractivity contribution in [3.63, 3.8) is 0 Å². The minimum Gasteiger partial charge on any atom is -0.497 e. The first-order chi connectivity index (χ1) is 66.5. The van der Waals surface area contributed by atoms with Crippen LogP contribution in [0.25, 0.3) is 50.2 Å². The van der Waals surface area contributed by atoms with Crippen molar-refractivity contribution in [1.82, 2.24) is 50.6 Å². The molecule has 0 saturated heterocycles. The molecule has 4 aliphatic rings. The lowest BCUT2D eigenvalue weighted by molar-refractivity contribution is -0.127. The molecular formula is C114H123Cl2N15O9. The van der Waals surface area contributed by atoms with Crippen LogP contribution in [0.4, 0.5) is 5.69 Å². The van der Waals surface area contributed by atoms with Crippen LogP contribution in [0.2, 0.25) is 10.0 Å². The number of hydrogen-bond acceptors (Lipinski definition) is 19. The number of rotatable bonds is 18. The van der Waals surface area contributed by atoms with Gasteiger partial charge in [-0.2, -0.15) is 5.10 Å². The van der Waals surface area contributed by atoms with Crippen LogP contribution in [0, 0.1) is 33.1 Å². The van der Waals surface area contributed by atoms with E-state index < -0.39 is 29.6 Å². The number of aromatic nitrogens is 8. The molecule has 14 aromatic rings. The van der Waals surface area contributed by atoms with E-state index >= 15 is 0 Å². The average Bonchev–Trinajstić information content (AvgIpc) is 1.61. The Morgan fingerprint density at radius 2 is 0.786 bits per heavy atom. The number of nitrogens with zero attached hydrogens (tertiary/aromatic N) is 12. The quantitative estimate of drug-likeness (QED) is 0.0719. The predicted octanol–water partition coefficient (Wildman–Crippen LogP) is 25.0. The van der Waals surface area contributed by atoms with Gasteiger partial charge in [0.15, 0.2) is 23.1 Å². The maximum absolute atomic E-state index is 13.1. The Morgan fingerprint density at radius 3 is 1.22 bits per heavy atom. The van der Waals surface area contributed by atoms with E-state index in [2.05, 4.69) is 221 Å². The average molecular weight is 1920 g/mol. The number of anilines is 1. The van der Waals surface area contributed by atoms with Gasteiger partial charge in [0.25, 0.3) is 0 Å². The Balaban J connectivity index is 0.000000141. The Morgan fingerprint density at radius 1 is 0.400 bits per heavy atom. The maximum Gasteiger partial charge on any atom is 0.227 e. The molecule has 0 aliphatic carbocycles. The summed E-state index contributed by atoms with van der Waals surface area (Å²) in [5.41, 5.74) is 25.7. The van der Waals surface area contributed by atoms with Gasteiger partial charge in [-0.3, -0.25) is 48.4 Å². The largest absolute Gasteiger partial charge is 0.497 e. The molecule has 140 heavy (non-hydrogen) atoms. The molecule has 0 fully saturated rings. The number of ketones is 1. The second kappa shape index (κ2) is 41.1. The zero-order valence-electron chi connectivity index (χ0n) is 84.1. The molecule has 0 spiro atoms. The van der Waals surface area contributed by atoms with Gasteiger partial charge in [-0.25, -0.2) is 0 Å². The van der Waals surface area contributed by atoms with Gasteiger partial charge in [-0.05, 0) is 202 Å². The summed E-state index contributed by atoms with van der Waals surface area (Å²) in [6.45, 7) is 44.6. The second-order valence-corrected chi connectivity index (χ2v) is 41.7. The van der Waals surface area contributed by atoms with Crippen molar-refractivity contribution < 1.29 is 42.2 Å². The number of para-hydroxylation sites is 1. The van der Waals surface area contributed by atoms with Crippen molar-refractivity contribution in [1.29, 1.82) is 0 Å². The smallest absolute Gasteiger partial charge is 0.227 e. The number of Topliss-reactive ketones (excluding diaryl/α,β-unsaturated/α-hetero) is 1. The van der Waals surface area contributed by atoms with Crippen molar-refractivity contribution in [2.24, 2.45) is 25.4 Å². The van der Waals surface area contributed by atoms with Gasteiger partial charge in [-0.15, -0.1) is 10.2 Å². The zero-order valence-corrected chi connectivity index (χ0v) is 85.6. The number of carbonyl (C=O) groups excluding carboxylic acids is 4. The number of halogens is 2. The molecule has 3 amide bonds. The second-order valence-electron chi connectivity index (χ2n) is 40.8. The summed E-state index contributed by atoms with van der Waals surface area (Å²) in [5.74, 6) is 4.54. The molecule has 0 unspecified atom stereocenters. The van der Waals surface area contributed by atoms with E-state index in [4.69, 9.17) is 66.2 Å². The predicted molar refractivity (Wildman–Crippen MR) is 556 cm³/mol. The number of amides is 3. The highest BCUT2D eigenvalue weighted by molar-refractivity contribution is 6.31. The molecule has 9 aromatic carbocycles. The van der Waals surface area contributed by atoms with E-state index in [9.17, 15) is 19.2 Å². The van der Waals surface area contributed by atoms with E-state index in [1.807, 2.05) is 193 Å². The standard InChI is InChI=1S/C30H31N5O2.C29H30ClN5O2.C29H34N2O3.C26H28ClN3O2/c1-19-33-34-29-25(18-27(36)31-22-9-7-6-8-10-22)32-28(20-11-13-21(14-12-20)30(2,3)4)24-17-23(37-5)15-16-26(24)35(19)29;1-6-31-25(36)14-24-28-26(17(2)34-37-28)22-12-9-19(20-15-32-35(16-20)29(3,4)5)13-23(22)27(33-24)18-7-10-21(30)11-8-18;1-17-25-21-14-13-20(33-8)15-22(21)26(18-9-11-19(12-10-18)28(2,3)4)30-23(27(25)34-31-17)16-24(32)29(5,6)7;1-6-28-22(31)14-21-25-23(15(2)30-32-25)19-12-9-17(26(3,4)5)13-20(19)24(29-21)16-7-10-18(27)11-8-16/h6-17,25H,18H2,1-5H3,(H,31,36);7-13,15-16,24H,6,14H2,1-5H3,(H,31,36);9-15,23H,16H2,1-8H3;7-13,21H,6,14H2,1-5H3,(H,28,31)/t25-;24-;23-;21-/m0000/s1. The monoisotopic (exact) mass is 1920 g/mol. The number of nitrogens with one attached hydrogen (secondary N) is 3. The first kappa shape index (κ1) is 100. The first-order valence-corrected chi connectivity index (χ1v) is 48.2. The van der Waals surface area contributed by atoms with Crippen molar-refractivity contribution >= 4 is 75.2 Å². The molecule has 0 saturated carbocycles. The van der Waals surface area contributed by atoms with Crippen molar-refractivity contribution in [2.75, 3.05) is 32.6 Å². The molecule has 26 heteroatoms. The highest BCUT2D eigenvalue weighted by Gasteiger charge is 2.39. The molecule has 4 aliphatic heterocycles. The van der Waals surface area contributed by atoms with Gasteiger partial charge in [-0.1, -0.05) is 237 Å². The minimum absolute atomic E-state index is 0.0284. The molecule has 0 bridgehead atoms. The normalized spacial score (nSPS) is 15.2. The number of methoxy groups -OCH3 is 2. The number of ether oxygens (including phenoxy) is 2. The van der Waals surface area contributed by atoms with Gasteiger partial charge in [0, 0.05) is 96.9 Å². The minimum atomic E-state index is -0.527. The van der Waals surface area contributed by atoms with Crippen LogP contribution in [0.3, 0.4) is 0 Å². The summed E-state index contributed by atoms with van der Waals surface area (Å²) < 4.78 is 32.5. The van der Waals surface area contributed by atoms with E-state index in [-0.39, 0.29) is 71.0 Å². The maximum atomic E-state index is 13.1. The molecule has 5 aromatic heterocycles. The highest BCUT2D eigenvalue weighted by atomic mass is 35.5. The Bertz CT molecular complexity index is 7080. The van der Waals surface area contributed by atoms with Crippen LogP contribution in [-0.2, 0) is 41.0 Å². The van der Waals surface area contributed by atoms with Gasteiger partial charge in [0.2, 0.25) is 17.7 Å². The van der Waals surface area contributed by atoms with Crippen LogP contribution in [0.1, 0.15) is 275 Å². The summed E-state index contributed by atoms with van der Waals surface area (Å²) in [5, 5.41) is 36.2. The fraction of sp³-hybridized carbons (Fsp3) is 0.333. The summed E-state index contributed by atoms with van der Waals surface area (Å²) >= 11 is 12.4. The number of hydrogen-bond donors (Lipinski definition) is 3. The first-order valence-electron chi connectivity index (χ1n) is 47.5. The molecule has 18 rings (SSSR count). The van der Waals surface area contributed by atoms with Gasteiger partial charge in [0.05, 0.1) is 108 Å². The number of benzene rings is 9. The fourth-order valence-electron chi connectivity index (χ4n) is 17.6. The lowest BCUT2D eigenvalue weighted by atomic mass is 9.82. The van der Waals surface area contributed by atoms with E-state index in [0.717, 1.165) is 158 Å². The summed E-state index contributed by atoms with van der Waals surface area (Å²) in [4.78, 5) is 71.9. The van der Waals surface area contributed by atoms with Crippen molar-refractivity contribution in [2.45, 2.75) is 217 Å². The van der Waals surface area contributed by atoms with E-state index in [0.29, 0.717) is 46.2 Å². The van der Waals surface area contributed by atoms with Crippen LogP contribution in [-0.4, -0.2) is 114 Å². The zero-order chi connectivity index (χ0) is 100. The third-order valence-corrected chi connectivity index (χ3v) is 25.8. The topological polar surface area (TPSA) is 299 Å². The van der Waals surface area contributed by atoms with E-state index in [1.165, 1.54) is 16.7 Å². The molecule has 9 heterocycles. The van der Waals surface area contributed by atoms with Gasteiger partial charge < -0.3 is 39.0 Å². The number of aliphatic imine (C=N–C) groups is 4. The molecule has 722 valence electrons. The van der Waals surface area contributed by atoms with E-state index in [1.54, 1.807) is 14.2 Å². The number of carbonyl (C=O) groups is 4. The van der Waals surface area contributed by atoms with Crippen LogP contribution in [0.15, 0.2) is 246 Å². The molecule has 24 nitrogen and oxygen atoms in total. The van der Waals surface area contributed by atoms with Crippen molar-refractivity contribution in [3.05, 3.63) is 330 Å². The van der Waals surface area contributed by atoms with Gasteiger partial charge >= 0.3 is 0 Å². The highest BCUT2D eigenvalue weighted by Crippen LogP contribution is 2.48. The summed E-state index contributed by atoms with van der Waals surface area (Å²) in [6.07, 6.45) is 4.67. The summed E-state index contributed by atoms with van der Waals surface area (Å²) in [7, 11) is 3.31. The van der Waals surface area contributed by atoms with Crippen molar-refractivity contribution in [3.8, 4) is 61.7 Å².